The molecule has 88 valence electrons. The minimum Gasteiger partial charge on any atom is -0.391 e. The number of rotatable bonds is 2. The lowest BCUT2D eigenvalue weighted by atomic mass is 10.5. The zero-order chi connectivity index (χ0) is 11.7. The van der Waals surface area contributed by atoms with Gasteiger partial charge in [0.25, 0.3) is 5.56 Å². The van der Waals surface area contributed by atoms with Gasteiger partial charge in [-0.25, -0.2) is 4.79 Å². The summed E-state index contributed by atoms with van der Waals surface area (Å²) in [5.41, 5.74) is -1.88. The predicted molar refractivity (Wildman–Crippen MR) is 48.2 cm³/mol. The van der Waals surface area contributed by atoms with Crippen LogP contribution in [0.5, 0.6) is 0 Å². The van der Waals surface area contributed by atoms with E-state index in [1.165, 1.54) is 0 Å². The molecule has 0 aromatic carbocycles. The molecule has 0 spiro atoms. The molecule has 2 rings (SSSR count). The van der Waals surface area contributed by atoms with E-state index in [1.54, 1.807) is 4.98 Å². The first kappa shape index (κ1) is 11.0. The van der Waals surface area contributed by atoms with Gasteiger partial charge in [0, 0.05) is 0 Å². The molecular formula is C8H9FN2O5. The first-order valence-corrected chi connectivity index (χ1v) is 4.50. The number of ether oxygens (including phenoxy) is 2. The minimum absolute atomic E-state index is 0.00336. The van der Waals surface area contributed by atoms with Crippen molar-refractivity contribution in [2.45, 2.75) is 12.5 Å². The highest BCUT2D eigenvalue weighted by molar-refractivity contribution is 4.88. The normalized spacial score (nSPS) is 24.9. The number of aliphatic hydroxyl groups is 1. The Morgan fingerprint density at radius 3 is 3.00 bits per heavy atom. The molecule has 1 saturated heterocycles. The summed E-state index contributed by atoms with van der Waals surface area (Å²) in [6.07, 6.45) is -0.947. The van der Waals surface area contributed by atoms with Gasteiger partial charge in [0.05, 0.1) is 19.4 Å². The highest BCUT2D eigenvalue weighted by Crippen LogP contribution is 2.18. The quantitative estimate of drug-likeness (QED) is 0.650. The van der Waals surface area contributed by atoms with Gasteiger partial charge in [-0.05, 0) is 0 Å². The molecule has 7 nitrogen and oxygen atoms in total. The molecule has 2 heterocycles. The molecule has 2 N–H and O–H groups in total. The third-order valence-corrected chi connectivity index (χ3v) is 2.12. The predicted octanol–water partition coefficient (Wildman–Crippen LogP) is -1.46. The van der Waals surface area contributed by atoms with E-state index in [1.807, 2.05) is 0 Å². The fourth-order valence-corrected chi connectivity index (χ4v) is 1.36. The maximum absolute atomic E-state index is 12.9. The standard InChI is InChI=1S/C8H9FN2O5/c9-4-1-11(8(14)10-7(4)13)5-3-15-6(2-12)16-5/h1,5-6,12H,2-3H2,(H,10,13,14)/t5-,6-/m1/s1. The summed E-state index contributed by atoms with van der Waals surface area (Å²) in [6.45, 7) is -0.367. The Kier molecular flexibility index (Phi) is 2.86. The molecule has 0 aliphatic carbocycles. The minimum atomic E-state index is -1.09. The van der Waals surface area contributed by atoms with Crippen molar-refractivity contribution in [3.63, 3.8) is 0 Å². The third kappa shape index (κ3) is 1.90. The van der Waals surface area contributed by atoms with Crippen LogP contribution in [0.1, 0.15) is 6.23 Å². The van der Waals surface area contributed by atoms with E-state index in [9.17, 15) is 14.0 Å². The Morgan fingerprint density at radius 1 is 1.62 bits per heavy atom. The van der Waals surface area contributed by atoms with Crippen LogP contribution in [0.2, 0.25) is 0 Å². The number of nitrogens with one attached hydrogen (secondary N) is 1. The number of hydrogen-bond acceptors (Lipinski definition) is 5. The van der Waals surface area contributed by atoms with E-state index < -0.39 is 29.6 Å². The summed E-state index contributed by atoms with van der Waals surface area (Å²) in [4.78, 5) is 23.9. The number of halogens is 1. The van der Waals surface area contributed by atoms with Crippen LogP contribution in [0.15, 0.2) is 15.8 Å². The number of H-pyrrole nitrogens is 1. The van der Waals surface area contributed by atoms with Gasteiger partial charge in [-0.2, -0.15) is 4.39 Å². The van der Waals surface area contributed by atoms with Gasteiger partial charge in [0.2, 0.25) is 5.82 Å². The van der Waals surface area contributed by atoms with Crippen molar-refractivity contribution in [1.82, 2.24) is 9.55 Å². The second-order valence-electron chi connectivity index (χ2n) is 3.18. The lowest BCUT2D eigenvalue weighted by molar-refractivity contribution is -0.0994. The number of aliphatic hydroxyl groups excluding tert-OH is 1. The molecule has 1 fully saturated rings. The highest BCUT2D eigenvalue weighted by Gasteiger charge is 2.27. The highest BCUT2D eigenvalue weighted by atomic mass is 19.1. The largest absolute Gasteiger partial charge is 0.391 e. The first-order chi connectivity index (χ1) is 7.61. The van der Waals surface area contributed by atoms with Crippen LogP contribution in [0.4, 0.5) is 4.39 Å². The molecule has 1 aromatic rings. The summed E-state index contributed by atoms with van der Waals surface area (Å²) >= 11 is 0. The number of hydrogen-bond donors (Lipinski definition) is 2. The second kappa shape index (κ2) is 4.16. The van der Waals surface area contributed by atoms with Crippen molar-refractivity contribution in [1.29, 1.82) is 0 Å². The van der Waals surface area contributed by atoms with E-state index in [0.29, 0.717) is 0 Å². The average Bonchev–Trinajstić information content (AvgIpc) is 2.71. The van der Waals surface area contributed by atoms with Crippen LogP contribution < -0.4 is 11.2 Å². The number of aromatic nitrogens is 2. The lowest BCUT2D eigenvalue weighted by Gasteiger charge is -2.11. The van der Waals surface area contributed by atoms with Crippen molar-refractivity contribution in [3.05, 3.63) is 32.9 Å². The Morgan fingerprint density at radius 2 is 2.38 bits per heavy atom. The molecule has 8 heteroatoms. The number of nitrogens with zero attached hydrogens (tertiary/aromatic N) is 1. The number of aromatic amines is 1. The molecule has 16 heavy (non-hydrogen) atoms. The Hall–Kier alpha value is -1.51. The Labute approximate surface area is 88.0 Å². The molecule has 0 saturated carbocycles. The second-order valence-corrected chi connectivity index (χ2v) is 3.18. The molecule has 0 bridgehead atoms. The van der Waals surface area contributed by atoms with E-state index in [0.717, 1.165) is 10.8 Å². The van der Waals surface area contributed by atoms with Crippen LogP contribution in [0.3, 0.4) is 0 Å². The molecule has 0 amide bonds. The van der Waals surface area contributed by atoms with E-state index in [2.05, 4.69) is 0 Å². The van der Waals surface area contributed by atoms with Crippen molar-refractivity contribution in [2.75, 3.05) is 13.2 Å². The van der Waals surface area contributed by atoms with E-state index >= 15 is 0 Å². The molecule has 1 aliphatic rings. The van der Waals surface area contributed by atoms with Crippen LogP contribution in [0.25, 0.3) is 0 Å². The zero-order valence-electron chi connectivity index (χ0n) is 8.05. The van der Waals surface area contributed by atoms with Gasteiger partial charge < -0.3 is 14.6 Å². The zero-order valence-corrected chi connectivity index (χ0v) is 8.05. The van der Waals surface area contributed by atoms with E-state index in [4.69, 9.17) is 14.6 Å². The molecular weight excluding hydrogens is 223 g/mol. The third-order valence-electron chi connectivity index (χ3n) is 2.12. The molecule has 1 aromatic heterocycles. The van der Waals surface area contributed by atoms with Crippen LogP contribution in [0, 0.1) is 5.82 Å². The summed E-state index contributed by atoms with van der Waals surface area (Å²) in [5, 5.41) is 8.73. The van der Waals surface area contributed by atoms with Gasteiger partial charge in [-0.15, -0.1) is 0 Å². The molecule has 0 radical (unpaired) electrons. The maximum atomic E-state index is 12.9. The van der Waals surface area contributed by atoms with E-state index in [-0.39, 0.29) is 13.2 Å². The van der Waals surface area contributed by atoms with Gasteiger partial charge >= 0.3 is 5.69 Å². The summed E-state index contributed by atoms with van der Waals surface area (Å²) in [5.74, 6) is -1.09. The maximum Gasteiger partial charge on any atom is 0.330 e. The Balaban J connectivity index is 2.32. The van der Waals surface area contributed by atoms with Gasteiger partial charge in [0.1, 0.15) is 0 Å². The topological polar surface area (TPSA) is 93.6 Å². The summed E-state index contributed by atoms with van der Waals surface area (Å²) in [7, 11) is 0. The molecule has 0 unspecified atom stereocenters. The lowest BCUT2D eigenvalue weighted by Crippen LogP contribution is -2.34. The first-order valence-electron chi connectivity index (χ1n) is 4.50. The van der Waals surface area contributed by atoms with Crippen molar-refractivity contribution < 1.29 is 19.0 Å². The Bertz CT molecular complexity index is 496. The molecule has 2 atom stereocenters. The fourth-order valence-electron chi connectivity index (χ4n) is 1.36. The van der Waals surface area contributed by atoms with Gasteiger partial charge in [0.15, 0.2) is 12.5 Å². The van der Waals surface area contributed by atoms with Crippen LogP contribution in [-0.2, 0) is 9.47 Å². The smallest absolute Gasteiger partial charge is 0.330 e. The average molecular weight is 232 g/mol. The van der Waals surface area contributed by atoms with Gasteiger partial charge in [-0.3, -0.25) is 14.3 Å². The van der Waals surface area contributed by atoms with Gasteiger partial charge in [-0.1, -0.05) is 0 Å². The fraction of sp³-hybridized carbons (Fsp3) is 0.500. The van der Waals surface area contributed by atoms with Crippen LogP contribution >= 0.6 is 0 Å². The monoisotopic (exact) mass is 232 g/mol. The van der Waals surface area contributed by atoms with Crippen LogP contribution in [-0.4, -0.2) is 34.2 Å². The SMILES string of the molecule is O=c1[nH]c(=O)n([C@H]2CO[C@@H](CO)O2)cc1F. The van der Waals surface area contributed by atoms with Crippen molar-refractivity contribution in [2.24, 2.45) is 0 Å². The summed E-state index contributed by atoms with van der Waals surface area (Å²) in [6, 6.07) is 0. The van der Waals surface area contributed by atoms with Crippen molar-refractivity contribution in [3.8, 4) is 0 Å². The van der Waals surface area contributed by atoms with Crippen molar-refractivity contribution >= 4 is 0 Å². The summed E-state index contributed by atoms with van der Waals surface area (Å²) < 4.78 is 23.8. The molecule has 1 aliphatic heterocycles.